The van der Waals surface area contributed by atoms with E-state index in [4.69, 9.17) is 4.74 Å². The predicted octanol–water partition coefficient (Wildman–Crippen LogP) is 3.83. The fourth-order valence-corrected chi connectivity index (χ4v) is 4.63. The van der Waals surface area contributed by atoms with Crippen LogP contribution in [0.15, 0.2) is 66.9 Å². The molecule has 1 unspecified atom stereocenters. The second kappa shape index (κ2) is 12.5. The Hall–Kier alpha value is -2.96. The highest BCUT2D eigenvalue weighted by atomic mass is 16.5. The molecule has 0 radical (unpaired) electrons. The van der Waals surface area contributed by atoms with Gasteiger partial charge in [0.1, 0.15) is 18.5 Å². The van der Waals surface area contributed by atoms with E-state index < -0.39 is 6.10 Å². The first kappa shape index (κ1) is 24.2. The zero-order chi connectivity index (χ0) is 23.6. The van der Waals surface area contributed by atoms with Crippen molar-refractivity contribution in [2.24, 2.45) is 5.92 Å². The van der Waals surface area contributed by atoms with E-state index in [0.717, 1.165) is 61.8 Å². The normalized spacial score (nSPS) is 17.4. The van der Waals surface area contributed by atoms with Gasteiger partial charge in [-0.25, -0.2) is 0 Å². The van der Waals surface area contributed by atoms with E-state index in [1.54, 1.807) is 6.20 Å². The van der Waals surface area contributed by atoms with Gasteiger partial charge in [0.05, 0.1) is 11.4 Å². The first-order valence-electron chi connectivity index (χ1n) is 12.4. The van der Waals surface area contributed by atoms with E-state index in [9.17, 15) is 9.90 Å². The topological polar surface area (TPSA) is 74.7 Å². The van der Waals surface area contributed by atoms with Gasteiger partial charge in [0.25, 0.3) is 0 Å². The Morgan fingerprint density at radius 3 is 2.88 bits per heavy atom. The molecule has 180 valence electrons. The van der Waals surface area contributed by atoms with Crippen molar-refractivity contribution in [3.8, 4) is 5.75 Å². The quantitative estimate of drug-likeness (QED) is 0.425. The third kappa shape index (κ3) is 7.02. The summed E-state index contributed by atoms with van der Waals surface area (Å²) in [6, 6.07) is 20.1. The van der Waals surface area contributed by atoms with Gasteiger partial charge in [-0.15, -0.1) is 0 Å². The molecule has 1 fully saturated rings. The molecule has 1 amide bonds. The maximum atomic E-state index is 12.7. The number of benzene rings is 2. The number of amides is 1. The lowest BCUT2D eigenvalue weighted by Gasteiger charge is -2.33. The minimum atomic E-state index is -0.619. The number of aliphatic hydroxyl groups excluding tert-OH is 1. The molecule has 2 heterocycles. The van der Waals surface area contributed by atoms with E-state index in [-0.39, 0.29) is 18.4 Å². The van der Waals surface area contributed by atoms with Crippen LogP contribution in [0.5, 0.6) is 5.75 Å². The van der Waals surface area contributed by atoms with Crippen LogP contribution < -0.4 is 10.1 Å². The van der Waals surface area contributed by atoms with Crippen molar-refractivity contribution in [2.75, 3.05) is 32.8 Å². The number of fused-ring (bicyclic) bond motifs is 1. The number of nitrogens with one attached hydrogen (secondary N) is 1. The van der Waals surface area contributed by atoms with Gasteiger partial charge >= 0.3 is 0 Å². The molecule has 1 aliphatic heterocycles. The number of piperidine rings is 1. The Labute approximate surface area is 202 Å². The molecule has 4 rings (SSSR count). The number of aliphatic hydroxyl groups is 1. The summed E-state index contributed by atoms with van der Waals surface area (Å²) in [6.07, 6.45) is 6.11. The van der Waals surface area contributed by atoms with Crippen molar-refractivity contribution >= 4 is 16.8 Å². The number of hydrogen-bond donors (Lipinski definition) is 2. The van der Waals surface area contributed by atoms with Crippen molar-refractivity contribution in [1.29, 1.82) is 0 Å². The summed E-state index contributed by atoms with van der Waals surface area (Å²) < 4.78 is 5.91. The summed E-state index contributed by atoms with van der Waals surface area (Å²) in [6.45, 7) is 3.02. The lowest BCUT2D eigenvalue weighted by atomic mass is 9.96. The predicted molar refractivity (Wildman–Crippen MR) is 135 cm³/mol. The van der Waals surface area contributed by atoms with Crippen LogP contribution in [0.25, 0.3) is 10.9 Å². The summed E-state index contributed by atoms with van der Waals surface area (Å²) >= 11 is 0. The third-order valence-corrected chi connectivity index (χ3v) is 6.42. The minimum Gasteiger partial charge on any atom is -0.490 e. The largest absolute Gasteiger partial charge is 0.490 e. The Morgan fingerprint density at radius 2 is 2.00 bits per heavy atom. The zero-order valence-corrected chi connectivity index (χ0v) is 19.7. The summed E-state index contributed by atoms with van der Waals surface area (Å²) in [7, 11) is 0. The SMILES string of the molecule is O=C(NCCCCc1ccccc1)C1CCCN(C[C@@H](O)COc2cccc3ncccc23)C1. The van der Waals surface area contributed by atoms with E-state index >= 15 is 0 Å². The summed E-state index contributed by atoms with van der Waals surface area (Å²) in [5.74, 6) is 0.853. The van der Waals surface area contributed by atoms with E-state index in [1.807, 2.05) is 36.4 Å². The highest BCUT2D eigenvalue weighted by Gasteiger charge is 2.26. The number of aromatic nitrogens is 1. The van der Waals surface area contributed by atoms with E-state index in [0.29, 0.717) is 13.1 Å². The number of likely N-dealkylation sites (tertiary alicyclic amines) is 1. The number of rotatable bonds is 11. The summed E-state index contributed by atoms with van der Waals surface area (Å²) in [5, 5.41) is 14.6. The van der Waals surface area contributed by atoms with Gasteiger partial charge in [-0.1, -0.05) is 36.4 Å². The number of carbonyl (C=O) groups excluding carboxylic acids is 1. The first-order chi connectivity index (χ1) is 16.7. The Balaban J connectivity index is 1.16. The van der Waals surface area contributed by atoms with Crippen LogP contribution in [0.1, 0.15) is 31.2 Å². The van der Waals surface area contributed by atoms with Gasteiger partial charge in [-0.05, 0) is 68.5 Å². The Kier molecular flexibility index (Phi) is 8.88. The molecule has 2 N–H and O–H groups in total. The molecule has 1 aromatic heterocycles. The minimum absolute atomic E-state index is 0.0138. The van der Waals surface area contributed by atoms with Crippen LogP contribution in [0.4, 0.5) is 0 Å². The molecule has 6 nitrogen and oxygen atoms in total. The molecule has 0 saturated carbocycles. The highest BCUT2D eigenvalue weighted by Crippen LogP contribution is 2.24. The molecular weight excluding hydrogens is 426 g/mol. The average molecular weight is 462 g/mol. The molecule has 1 saturated heterocycles. The molecule has 0 bridgehead atoms. The molecule has 3 aromatic rings. The van der Waals surface area contributed by atoms with Crippen LogP contribution >= 0.6 is 0 Å². The van der Waals surface area contributed by atoms with Gasteiger partial charge < -0.3 is 15.2 Å². The fraction of sp³-hybridized carbons (Fsp3) is 0.429. The zero-order valence-electron chi connectivity index (χ0n) is 19.7. The second-order valence-corrected chi connectivity index (χ2v) is 9.12. The smallest absolute Gasteiger partial charge is 0.224 e. The van der Waals surface area contributed by atoms with Gasteiger partial charge in [-0.3, -0.25) is 14.7 Å². The molecule has 2 aromatic carbocycles. The van der Waals surface area contributed by atoms with Crippen LogP contribution in [0.2, 0.25) is 0 Å². The maximum absolute atomic E-state index is 12.7. The van der Waals surface area contributed by atoms with Crippen molar-refractivity contribution in [2.45, 2.75) is 38.2 Å². The Bertz CT molecular complexity index is 1040. The maximum Gasteiger partial charge on any atom is 0.224 e. The number of aryl methyl sites for hydroxylation is 1. The van der Waals surface area contributed by atoms with Crippen molar-refractivity contribution < 1.29 is 14.6 Å². The first-order valence-corrected chi connectivity index (χ1v) is 12.4. The number of ether oxygens (including phenoxy) is 1. The Morgan fingerprint density at radius 1 is 1.12 bits per heavy atom. The summed E-state index contributed by atoms with van der Waals surface area (Å²) in [5.41, 5.74) is 2.22. The van der Waals surface area contributed by atoms with Crippen LogP contribution in [0.3, 0.4) is 0 Å². The average Bonchev–Trinajstić information content (AvgIpc) is 2.88. The van der Waals surface area contributed by atoms with Crippen molar-refractivity contribution in [3.05, 3.63) is 72.4 Å². The monoisotopic (exact) mass is 461 g/mol. The van der Waals surface area contributed by atoms with E-state index in [1.165, 1.54) is 5.56 Å². The van der Waals surface area contributed by atoms with Crippen LogP contribution in [-0.2, 0) is 11.2 Å². The molecule has 2 atom stereocenters. The highest BCUT2D eigenvalue weighted by molar-refractivity contribution is 5.84. The van der Waals surface area contributed by atoms with Crippen LogP contribution in [-0.4, -0.2) is 59.8 Å². The van der Waals surface area contributed by atoms with E-state index in [2.05, 4.69) is 39.5 Å². The lowest BCUT2D eigenvalue weighted by Crippen LogP contribution is -2.46. The van der Waals surface area contributed by atoms with Crippen LogP contribution in [0, 0.1) is 5.92 Å². The van der Waals surface area contributed by atoms with Gasteiger partial charge in [0.2, 0.25) is 5.91 Å². The molecule has 0 spiro atoms. The lowest BCUT2D eigenvalue weighted by molar-refractivity contribution is -0.126. The molecule has 1 aliphatic rings. The third-order valence-electron chi connectivity index (χ3n) is 6.42. The number of pyridine rings is 1. The number of β-amino-alcohol motifs (C(OH)–C–C–N with tert-alkyl or cyclic N) is 1. The summed E-state index contributed by atoms with van der Waals surface area (Å²) in [4.78, 5) is 19.2. The second-order valence-electron chi connectivity index (χ2n) is 9.12. The number of carbonyl (C=O) groups is 1. The van der Waals surface area contributed by atoms with Gasteiger partial charge in [0.15, 0.2) is 0 Å². The number of nitrogens with zero attached hydrogens (tertiary/aromatic N) is 2. The standard InChI is InChI=1S/C28H35N3O3/c32-24(21-34-27-15-6-14-26-25(27)13-7-17-29-26)20-31-18-8-12-23(19-31)28(33)30-16-5-4-11-22-9-2-1-3-10-22/h1-3,6-7,9-10,13-15,17,23-24,32H,4-5,8,11-12,16,18-21H2,(H,30,33)/t23?,24-/m1/s1. The molecule has 6 heteroatoms. The fourth-order valence-electron chi connectivity index (χ4n) is 4.63. The van der Waals surface area contributed by atoms with Gasteiger partial charge in [-0.2, -0.15) is 0 Å². The molecular formula is C28H35N3O3. The van der Waals surface area contributed by atoms with Crippen molar-refractivity contribution in [1.82, 2.24) is 15.2 Å². The number of unbranched alkanes of at least 4 members (excludes halogenated alkanes) is 1. The van der Waals surface area contributed by atoms with Gasteiger partial charge in [0, 0.05) is 31.2 Å². The number of hydrogen-bond acceptors (Lipinski definition) is 5. The molecule has 0 aliphatic carbocycles. The molecule has 34 heavy (non-hydrogen) atoms. The van der Waals surface area contributed by atoms with Crippen molar-refractivity contribution in [3.63, 3.8) is 0 Å².